The number of halogens is 2. The smallest absolute Gasteiger partial charge is 0.337 e. The Labute approximate surface area is 146 Å². The molecule has 2 heterocycles. The summed E-state index contributed by atoms with van der Waals surface area (Å²) in [7, 11) is 0. The fourth-order valence-electron chi connectivity index (χ4n) is 2.13. The standard InChI is InChI=1S/C17H10Cl2N2O3/c18-13-5-2-10(7-14(13)19)1-4-12-8-16(22)21-9-11(17(23)24)3-6-15(21)20-12/h1-9H,(H,23,24). The maximum Gasteiger partial charge on any atom is 0.337 e. The van der Waals surface area contributed by atoms with E-state index in [4.69, 9.17) is 28.3 Å². The number of carbonyl (C=O) groups is 1. The quantitative estimate of drug-likeness (QED) is 0.769. The fraction of sp³-hybridized carbons (Fsp3) is 0. The molecule has 1 aromatic carbocycles. The highest BCUT2D eigenvalue weighted by molar-refractivity contribution is 6.42. The Morgan fingerprint density at radius 2 is 1.88 bits per heavy atom. The van der Waals surface area contributed by atoms with Crippen molar-refractivity contribution in [2.24, 2.45) is 0 Å². The number of aromatic carboxylic acids is 1. The minimum absolute atomic E-state index is 0.0190. The Hall–Kier alpha value is -2.63. The van der Waals surface area contributed by atoms with Crippen LogP contribution in [0.3, 0.4) is 0 Å². The summed E-state index contributed by atoms with van der Waals surface area (Å²) in [6.07, 6.45) is 4.68. The molecule has 5 nitrogen and oxygen atoms in total. The van der Waals surface area contributed by atoms with Crippen LogP contribution in [0, 0.1) is 0 Å². The summed E-state index contributed by atoms with van der Waals surface area (Å²) in [6.45, 7) is 0. The van der Waals surface area contributed by atoms with Crippen molar-refractivity contribution in [3.05, 3.63) is 79.8 Å². The first-order valence-corrected chi connectivity index (χ1v) is 7.59. The van der Waals surface area contributed by atoms with E-state index < -0.39 is 5.97 Å². The van der Waals surface area contributed by atoms with Gasteiger partial charge in [0.1, 0.15) is 5.65 Å². The Bertz CT molecular complexity index is 1040. The van der Waals surface area contributed by atoms with Gasteiger partial charge in [-0.1, -0.05) is 35.3 Å². The Morgan fingerprint density at radius 1 is 1.08 bits per heavy atom. The molecule has 1 N–H and O–H groups in total. The van der Waals surface area contributed by atoms with Gasteiger partial charge in [-0.2, -0.15) is 0 Å². The molecule has 7 heteroatoms. The lowest BCUT2D eigenvalue weighted by molar-refractivity contribution is 0.0696. The molecular weight excluding hydrogens is 351 g/mol. The number of nitrogens with zero attached hydrogens (tertiary/aromatic N) is 2. The number of hydrogen-bond donors (Lipinski definition) is 1. The number of benzene rings is 1. The minimum atomic E-state index is -1.10. The van der Waals surface area contributed by atoms with Crippen LogP contribution in [-0.4, -0.2) is 20.5 Å². The first-order valence-electron chi connectivity index (χ1n) is 6.84. The van der Waals surface area contributed by atoms with E-state index >= 15 is 0 Å². The van der Waals surface area contributed by atoms with Crippen molar-refractivity contribution >= 4 is 47.0 Å². The van der Waals surface area contributed by atoms with Gasteiger partial charge >= 0.3 is 5.97 Å². The largest absolute Gasteiger partial charge is 0.478 e. The van der Waals surface area contributed by atoms with Crippen LogP contribution < -0.4 is 5.56 Å². The zero-order valence-electron chi connectivity index (χ0n) is 12.1. The van der Waals surface area contributed by atoms with Crippen LogP contribution in [0.25, 0.3) is 17.8 Å². The molecule has 0 aliphatic rings. The van der Waals surface area contributed by atoms with Crippen LogP contribution in [0.5, 0.6) is 0 Å². The summed E-state index contributed by atoms with van der Waals surface area (Å²) in [5.41, 5.74) is 1.28. The highest BCUT2D eigenvalue weighted by atomic mass is 35.5. The van der Waals surface area contributed by atoms with Crippen LogP contribution in [0.15, 0.2) is 47.4 Å². The second-order valence-electron chi connectivity index (χ2n) is 4.98. The molecule has 0 amide bonds. The van der Waals surface area contributed by atoms with E-state index in [9.17, 15) is 9.59 Å². The summed E-state index contributed by atoms with van der Waals surface area (Å²) in [5, 5.41) is 9.87. The van der Waals surface area contributed by atoms with E-state index in [0.29, 0.717) is 21.4 Å². The first-order chi connectivity index (χ1) is 11.4. The van der Waals surface area contributed by atoms with E-state index in [2.05, 4.69) is 4.98 Å². The average molecular weight is 361 g/mol. The van der Waals surface area contributed by atoms with E-state index in [1.165, 1.54) is 28.8 Å². The topological polar surface area (TPSA) is 71.7 Å². The van der Waals surface area contributed by atoms with Crippen molar-refractivity contribution in [1.29, 1.82) is 0 Å². The van der Waals surface area contributed by atoms with Crippen molar-refractivity contribution in [3.63, 3.8) is 0 Å². The van der Waals surface area contributed by atoms with Crippen LogP contribution >= 0.6 is 23.2 Å². The fourth-order valence-corrected chi connectivity index (χ4v) is 2.44. The highest BCUT2D eigenvalue weighted by Gasteiger charge is 2.06. The lowest BCUT2D eigenvalue weighted by atomic mass is 10.2. The lowest BCUT2D eigenvalue weighted by Gasteiger charge is -2.03. The molecule has 2 aromatic heterocycles. The molecule has 0 aliphatic carbocycles. The van der Waals surface area contributed by atoms with Gasteiger partial charge in [-0.15, -0.1) is 0 Å². The van der Waals surface area contributed by atoms with Gasteiger partial charge in [0.15, 0.2) is 0 Å². The van der Waals surface area contributed by atoms with Crippen LogP contribution in [0.2, 0.25) is 10.0 Å². The van der Waals surface area contributed by atoms with E-state index in [-0.39, 0.29) is 11.1 Å². The first kappa shape index (κ1) is 16.2. The third kappa shape index (κ3) is 3.32. The summed E-state index contributed by atoms with van der Waals surface area (Å²) in [5.74, 6) is -1.10. The molecule has 3 rings (SSSR count). The maximum absolute atomic E-state index is 12.1. The molecule has 3 aromatic rings. The number of pyridine rings is 1. The molecule has 0 saturated heterocycles. The van der Waals surface area contributed by atoms with Gasteiger partial charge < -0.3 is 5.11 Å². The maximum atomic E-state index is 12.1. The van der Waals surface area contributed by atoms with Crippen LogP contribution in [0.1, 0.15) is 21.6 Å². The Morgan fingerprint density at radius 3 is 2.58 bits per heavy atom. The molecule has 0 spiro atoms. The molecule has 0 bridgehead atoms. The van der Waals surface area contributed by atoms with Gasteiger partial charge in [0, 0.05) is 12.3 Å². The van der Waals surface area contributed by atoms with Gasteiger partial charge in [0.05, 0.1) is 21.3 Å². The average Bonchev–Trinajstić information content (AvgIpc) is 2.55. The number of hydrogen-bond acceptors (Lipinski definition) is 3. The molecular formula is C17H10Cl2N2O3. The van der Waals surface area contributed by atoms with Gasteiger partial charge in [-0.05, 0) is 35.9 Å². The predicted octanol–water partition coefficient (Wildman–Crippen LogP) is 3.87. The van der Waals surface area contributed by atoms with E-state index in [1.807, 2.05) is 0 Å². The number of aromatic nitrogens is 2. The predicted molar refractivity (Wildman–Crippen MR) is 93.8 cm³/mol. The lowest BCUT2D eigenvalue weighted by Crippen LogP contribution is -2.15. The second kappa shape index (κ2) is 6.47. The number of carboxylic acids is 1. The molecule has 0 unspecified atom stereocenters. The van der Waals surface area contributed by atoms with Crippen molar-refractivity contribution < 1.29 is 9.90 Å². The molecule has 0 atom stereocenters. The molecule has 0 fully saturated rings. The van der Waals surface area contributed by atoms with Crippen LogP contribution in [0.4, 0.5) is 0 Å². The minimum Gasteiger partial charge on any atom is -0.478 e. The van der Waals surface area contributed by atoms with Crippen molar-refractivity contribution in [2.75, 3.05) is 0 Å². The van der Waals surface area contributed by atoms with Gasteiger partial charge in [-0.25, -0.2) is 9.78 Å². The second-order valence-corrected chi connectivity index (χ2v) is 5.79. The summed E-state index contributed by atoms with van der Waals surface area (Å²) >= 11 is 11.8. The molecule has 0 aliphatic heterocycles. The van der Waals surface area contributed by atoms with Gasteiger partial charge in [0.25, 0.3) is 5.56 Å². The molecule has 24 heavy (non-hydrogen) atoms. The van der Waals surface area contributed by atoms with E-state index in [0.717, 1.165) is 5.56 Å². The summed E-state index contributed by atoms with van der Waals surface area (Å²) < 4.78 is 1.19. The van der Waals surface area contributed by atoms with E-state index in [1.54, 1.807) is 30.4 Å². The Kier molecular flexibility index (Phi) is 4.38. The van der Waals surface area contributed by atoms with Gasteiger partial charge in [0.2, 0.25) is 0 Å². The van der Waals surface area contributed by atoms with Crippen molar-refractivity contribution in [3.8, 4) is 0 Å². The molecule has 0 saturated carbocycles. The number of rotatable bonds is 3. The van der Waals surface area contributed by atoms with Gasteiger partial charge in [-0.3, -0.25) is 9.20 Å². The monoisotopic (exact) mass is 360 g/mol. The highest BCUT2D eigenvalue weighted by Crippen LogP contribution is 2.23. The Balaban J connectivity index is 2.00. The zero-order chi connectivity index (χ0) is 17.3. The normalized spacial score (nSPS) is 11.2. The number of fused-ring (bicyclic) bond motifs is 1. The third-order valence-electron chi connectivity index (χ3n) is 3.32. The number of carboxylic acid groups (broad SMARTS) is 1. The third-order valence-corrected chi connectivity index (χ3v) is 4.06. The zero-order valence-corrected chi connectivity index (χ0v) is 13.6. The SMILES string of the molecule is O=C(O)c1ccc2nc(C=Cc3ccc(Cl)c(Cl)c3)cc(=O)n2c1. The van der Waals surface area contributed by atoms with Crippen molar-refractivity contribution in [1.82, 2.24) is 9.38 Å². The van der Waals surface area contributed by atoms with Crippen LogP contribution in [-0.2, 0) is 0 Å². The van der Waals surface area contributed by atoms with Crippen molar-refractivity contribution in [2.45, 2.75) is 0 Å². The molecule has 120 valence electrons. The summed E-state index contributed by atoms with van der Waals surface area (Å²) in [6, 6.07) is 9.38. The molecule has 0 radical (unpaired) electrons. The summed E-state index contributed by atoms with van der Waals surface area (Å²) in [4.78, 5) is 27.4.